The van der Waals surface area contributed by atoms with E-state index in [2.05, 4.69) is 28.4 Å². The van der Waals surface area contributed by atoms with E-state index in [0.29, 0.717) is 24.4 Å². The van der Waals surface area contributed by atoms with Crippen molar-refractivity contribution in [3.63, 3.8) is 0 Å². The van der Waals surface area contributed by atoms with Crippen molar-refractivity contribution >= 4 is 18.3 Å². The summed E-state index contributed by atoms with van der Waals surface area (Å²) in [6.45, 7) is 1.83. The lowest BCUT2D eigenvalue weighted by Crippen LogP contribution is -2.39. The maximum absolute atomic E-state index is 12.7. The number of nitrogens with one attached hydrogen (secondary N) is 1. The van der Waals surface area contributed by atoms with Crippen LogP contribution in [0.2, 0.25) is 0 Å². The van der Waals surface area contributed by atoms with Gasteiger partial charge in [-0.25, -0.2) is 0 Å². The summed E-state index contributed by atoms with van der Waals surface area (Å²) in [6.07, 6.45) is 9.22. The second-order valence-corrected chi connectivity index (χ2v) is 7.25. The van der Waals surface area contributed by atoms with Crippen molar-refractivity contribution in [3.8, 4) is 0 Å². The smallest absolute Gasteiger partial charge is 0.227 e. The Hall–Kier alpha value is -1.06. The van der Waals surface area contributed by atoms with E-state index in [1.165, 1.54) is 55.2 Å². The number of hydrogen-bond acceptors (Lipinski definition) is 2. The molecule has 1 aromatic carbocycles. The summed E-state index contributed by atoms with van der Waals surface area (Å²) >= 11 is 0. The Bertz CT molecular complexity index is 574. The van der Waals surface area contributed by atoms with E-state index in [1.807, 2.05) is 0 Å². The molecular weight excluding hydrogens is 308 g/mol. The van der Waals surface area contributed by atoms with Crippen molar-refractivity contribution in [1.82, 2.24) is 10.2 Å². The molecule has 3 aliphatic rings. The second kappa shape index (κ2) is 7.23. The first-order valence-corrected chi connectivity index (χ1v) is 8.92. The van der Waals surface area contributed by atoms with Crippen LogP contribution in [0.3, 0.4) is 0 Å². The molecule has 2 aliphatic heterocycles. The van der Waals surface area contributed by atoms with Crippen LogP contribution in [0, 0.1) is 0 Å². The number of hydrogen-bond donors (Lipinski definition) is 1. The van der Waals surface area contributed by atoms with E-state index in [0.717, 1.165) is 19.5 Å². The zero-order valence-corrected chi connectivity index (χ0v) is 14.5. The van der Waals surface area contributed by atoms with Crippen molar-refractivity contribution < 1.29 is 4.79 Å². The maximum Gasteiger partial charge on any atom is 0.227 e. The number of amides is 1. The fourth-order valence-electron chi connectivity index (χ4n) is 4.35. The van der Waals surface area contributed by atoms with Crippen LogP contribution >= 0.6 is 12.4 Å². The molecule has 0 spiro atoms. The standard InChI is InChI=1S/C19H26N2O.ClH/c22-19(21-10-9-17-7-8-18(13-21)20-17)12-14-5-6-15-3-1-2-4-16(15)11-14;/h5-6,11,17-18,20H,1-4,7-10,12-13H2;1H. The van der Waals surface area contributed by atoms with Crippen LogP contribution in [0.4, 0.5) is 0 Å². The Kier molecular flexibility index (Phi) is 5.27. The third-order valence-corrected chi connectivity index (χ3v) is 5.64. The number of nitrogens with zero attached hydrogens (tertiary/aromatic N) is 1. The molecule has 23 heavy (non-hydrogen) atoms. The first-order chi connectivity index (χ1) is 10.8. The van der Waals surface area contributed by atoms with Gasteiger partial charge >= 0.3 is 0 Å². The van der Waals surface area contributed by atoms with Gasteiger partial charge in [0.15, 0.2) is 0 Å². The largest absolute Gasteiger partial charge is 0.341 e. The van der Waals surface area contributed by atoms with Gasteiger partial charge in [0.2, 0.25) is 5.91 Å². The van der Waals surface area contributed by atoms with Crippen LogP contribution in [0.1, 0.15) is 48.8 Å². The van der Waals surface area contributed by atoms with Gasteiger partial charge in [-0.05, 0) is 61.6 Å². The van der Waals surface area contributed by atoms with Gasteiger partial charge in [-0.3, -0.25) is 4.79 Å². The number of rotatable bonds is 2. The molecule has 3 nitrogen and oxygen atoms in total. The van der Waals surface area contributed by atoms with E-state index in [9.17, 15) is 4.79 Å². The molecule has 2 fully saturated rings. The first kappa shape index (κ1) is 16.8. The van der Waals surface area contributed by atoms with E-state index < -0.39 is 0 Å². The molecule has 1 amide bonds. The molecule has 126 valence electrons. The second-order valence-electron chi connectivity index (χ2n) is 7.25. The summed E-state index contributed by atoms with van der Waals surface area (Å²) < 4.78 is 0. The van der Waals surface area contributed by atoms with Gasteiger partial charge in [0, 0.05) is 25.2 Å². The predicted molar refractivity (Wildman–Crippen MR) is 95.2 cm³/mol. The minimum Gasteiger partial charge on any atom is -0.341 e. The van der Waals surface area contributed by atoms with Crippen LogP contribution in [0.5, 0.6) is 0 Å². The average Bonchev–Trinajstić information content (AvgIpc) is 2.86. The minimum absolute atomic E-state index is 0. The Balaban J connectivity index is 0.00000156. The van der Waals surface area contributed by atoms with Crippen LogP contribution in [-0.2, 0) is 24.1 Å². The van der Waals surface area contributed by atoms with E-state index >= 15 is 0 Å². The molecule has 4 rings (SSSR count). The van der Waals surface area contributed by atoms with Crippen LogP contribution in [0.25, 0.3) is 0 Å². The van der Waals surface area contributed by atoms with Crippen molar-refractivity contribution in [2.45, 2.75) is 63.5 Å². The maximum atomic E-state index is 12.7. The molecule has 2 bridgehead atoms. The lowest BCUT2D eigenvalue weighted by molar-refractivity contribution is -0.130. The molecule has 0 radical (unpaired) electrons. The number of likely N-dealkylation sites (tertiary alicyclic amines) is 1. The number of fused-ring (bicyclic) bond motifs is 3. The van der Waals surface area contributed by atoms with Crippen LogP contribution < -0.4 is 5.32 Å². The van der Waals surface area contributed by atoms with Crippen molar-refractivity contribution in [3.05, 3.63) is 34.9 Å². The Morgan fingerprint density at radius 3 is 2.74 bits per heavy atom. The topological polar surface area (TPSA) is 32.3 Å². The van der Waals surface area contributed by atoms with Crippen molar-refractivity contribution in [1.29, 1.82) is 0 Å². The molecule has 4 heteroatoms. The van der Waals surface area contributed by atoms with Crippen LogP contribution in [0.15, 0.2) is 18.2 Å². The lowest BCUT2D eigenvalue weighted by atomic mass is 9.90. The lowest BCUT2D eigenvalue weighted by Gasteiger charge is -2.24. The summed E-state index contributed by atoms with van der Waals surface area (Å²) in [5.41, 5.74) is 4.18. The van der Waals surface area contributed by atoms with Gasteiger partial charge in [-0.2, -0.15) is 0 Å². The number of carbonyl (C=O) groups is 1. The molecule has 2 saturated heterocycles. The highest BCUT2D eigenvalue weighted by Gasteiger charge is 2.31. The van der Waals surface area contributed by atoms with E-state index in [1.54, 1.807) is 0 Å². The highest BCUT2D eigenvalue weighted by atomic mass is 35.5. The Morgan fingerprint density at radius 1 is 1.09 bits per heavy atom. The van der Waals surface area contributed by atoms with E-state index in [-0.39, 0.29) is 12.4 Å². The number of halogens is 1. The number of aryl methyl sites for hydroxylation is 2. The molecule has 0 saturated carbocycles. The van der Waals surface area contributed by atoms with Crippen molar-refractivity contribution in [2.24, 2.45) is 0 Å². The number of carbonyl (C=O) groups excluding carboxylic acids is 1. The quantitative estimate of drug-likeness (QED) is 0.902. The van der Waals surface area contributed by atoms with Gasteiger partial charge in [-0.15, -0.1) is 12.4 Å². The zero-order valence-electron chi connectivity index (χ0n) is 13.7. The molecule has 2 heterocycles. The number of benzene rings is 1. The minimum atomic E-state index is 0. The zero-order chi connectivity index (χ0) is 14.9. The summed E-state index contributed by atoms with van der Waals surface area (Å²) in [6, 6.07) is 7.88. The normalized spacial score (nSPS) is 26.2. The fraction of sp³-hybridized carbons (Fsp3) is 0.632. The molecule has 2 atom stereocenters. The van der Waals surface area contributed by atoms with Gasteiger partial charge in [-0.1, -0.05) is 18.2 Å². The van der Waals surface area contributed by atoms with Crippen LogP contribution in [-0.4, -0.2) is 36.0 Å². The molecule has 2 unspecified atom stereocenters. The average molecular weight is 335 g/mol. The first-order valence-electron chi connectivity index (χ1n) is 8.92. The Morgan fingerprint density at radius 2 is 1.87 bits per heavy atom. The molecule has 1 N–H and O–H groups in total. The SMILES string of the molecule is Cl.O=C(Cc1ccc2c(c1)CCCC2)N1CCC2CCC(C1)N2. The van der Waals surface area contributed by atoms with Gasteiger partial charge in [0.25, 0.3) is 0 Å². The van der Waals surface area contributed by atoms with Crippen molar-refractivity contribution in [2.75, 3.05) is 13.1 Å². The predicted octanol–water partition coefficient (Wildman–Crippen LogP) is 2.88. The Labute approximate surface area is 145 Å². The molecule has 0 aromatic heterocycles. The summed E-state index contributed by atoms with van der Waals surface area (Å²) in [5, 5.41) is 3.65. The molecular formula is C19H27ClN2O. The van der Waals surface area contributed by atoms with Gasteiger partial charge in [0.1, 0.15) is 0 Å². The van der Waals surface area contributed by atoms with Gasteiger partial charge < -0.3 is 10.2 Å². The fourth-order valence-corrected chi connectivity index (χ4v) is 4.35. The highest BCUT2D eigenvalue weighted by Crippen LogP contribution is 2.24. The van der Waals surface area contributed by atoms with Gasteiger partial charge in [0.05, 0.1) is 6.42 Å². The monoisotopic (exact) mass is 334 g/mol. The molecule has 1 aliphatic carbocycles. The third-order valence-electron chi connectivity index (χ3n) is 5.64. The van der Waals surface area contributed by atoms with E-state index in [4.69, 9.17) is 0 Å². The third kappa shape index (κ3) is 3.72. The summed E-state index contributed by atoms with van der Waals surface area (Å²) in [7, 11) is 0. The summed E-state index contributed by atoms with van der Waals surface area (Å²) in [4.78, 5) is 14.8. The highest BCUT2D eigenvalue weighted by molar-refractivity contribution is 5.85. The molecule has 1 aromatic rings. The summed E-state index contributed by atoms with van der Waals surface area (Å²) in [5.74, 6) is 0.310.